The van der Waals surface area contributed by atoms with Crippen LogP contribution in [0.25, 0.3) is 0 Å². The summed E-state index contributed by atoms with van der Waals surface area (Å²) in [6.07, 6.45) is 0. The molecule has 0 fully saturated rings. The largest absolute Gasteiger partial charge is 0.410 e. The van der Waals surface area contributed by atoms with Crippen LogP contribution in [0.15, 0.2) is 5.16 Å². The average molecular weight is 197 g/mol. The van der Waals surface area contributed by atoms with E-state index >= 15 is 0 Å². The van der Waals surface area contributed by atoms with Crippen molar-refractivity contribution >= 4 is 11.6 Å². The van der Waals surface area contributed by atoms with E-state index in [2.05, 4.69) is 10.5 Å². The Hall–Kier alpha value is -1.57. The molecule has 5 heteroatoms. The lowest BCUT2D eigenvalue weighted by Gasteiger charge is -2.26. The summed E-state index contributed by atoms with van der Waals surface area (Å²) < 4.78 is 0. The summed E-state index contributed by atoms with van der Waals surface area (Å²) >= 11 is 0. The van der Waals surface area contributed by atoms with Gasteiger partial charge in [0.2, 0.25) is 5.91 Å². The molecule has 1 amide bonds. The molecule has 0 aromatic heterocycles. The van der Waals surface area contributed by atoms with Crippen LogP contribution in [0.4, 0.5) is 0 Å². The van der Waals surface area contributed by atoms with E-state index in [1.165, 1.54) is 7.05 Å². The molecule has 0 aromatic carbocycles. The van der Waals surface area contributed by atoms with Crippen LogP contribution in [-0.2, 0) is 4.79 Å². The number of nitrogens with zero attached hydrogens (tertiary/aromatic N) is 2. The molecule has 0 rings (SSSR count). The van der Waals surface area contributed by atoms with Gasteiger partial charge in [0.1, 0.15) is 6.07 Å². The fraction of sp³-hybridized carbons (Fsp3) is 0.667. The van der Waals surface area contributed by atoms with Crippen LogP contribution in [0.1, 0.15) is 20.8 Å². The molecule has 0 spiro atoms. The second kappa shape index (κ2) is 4.61. The van der Waals surface area contributed by atoms with E-state index in [4.69, 9.17) is 10.5 Å². The predicted octanol–water partition coefficient (Wildman–Crippen LogP) is 0.748. The van der Waals surface area contributed by atoms with Gasteiger partial charge in [0, 0.05) is 7.05 Å². The van der Waals surface area contributed by atoms with E-state index in [0.29, 0.717) is 0 Å². The van der Waals surface area contributed by atoms with Gasteiger partial charge in [-0.15, -0.1) is 0 Å². The van der Waals surface area contributed by atoms with Crippen molar-refractivity contribution in [3.63, 3.8) is 0 Å². The molecule has 78 valence electrons. The van der Waals surface area contributed by atoms with Crippen LogP contribution in [0, 0.1) is 22.7 Å². The second-order valence-corrected chi connectivity index (χ2v) is 4.01. The first-order valence-electron chi connectivity index (χ1n) is 4.22. The standard InChI is InChI=1S/C9H15N3O2/c1-9(2,3)7(8(13)11-4)6(5-10)12-14/h7,14H,1-4H3,(H,11,13)/b12-6+. The van der Waals surface area contributed by atoms with Crippen molar-refractivity contribution in [2.45, 2.75) is 20.8 Å². The van der Waals surface area contributed by atoms with Crippen molar-refractivity contribution in [3.05, 3.63) is 0 Å². The van der Waals surface area contributed by atoms with Crippen molar-refractivity contribution in [3.8, 4) is 6.07 Å². The molecule has 0 saturated heterocycles. The van der Waals surface area contributed by atoms with E-state index in [0.717, 1.165) is 0 Å². The van der Waals surface area contributed by atoms with Crippen LogP contribution in [0.5, 0.6) is 0 Å². The average Bonchev–Trinajstić information content (AvgIpc) is 2.10. The molecule has 0 heterocycles. The van der Waals surface area contributed by atoms with Crippen LogP contribution in [0.2, 0.25) is 0 Å². The van der Waals surface area contributed by atoms with Gasteiger partial charge in [0.25, 0.3) is 0 Å². The minimum absolute atomic E-state index is 0.170. The van der Waals surface area contributed by atoms with Gasteiger partial charge in [-0.05, 0) is 5.41 Å². The van der Waals surface area contributed by atoms with E-state index in [1.807, 2.05) is 0 Å². The Balaban J connectivity index is 5.14. The molecule has 0 aliphatic carbocycles. The Bertz CT molecular complexity index is 283. The maximum atomic E-state index is 11.5. The SMILES string of the molecule is CNC(=O)C(/C(C#N)=N/O)C(C)(C)C. The molecular weight excluding hydrogens is 182 g/mol. The summed E-state index contributed by atoms with van der Waals surface area (Å²) in [5.41, 5.74) is -0.631. The maximum absolute atomic E-state index is 11.5. The zero-order valence-electron chi connectivity index (χ0n) is 8.83. The first kappa shape index (κ1) is 12.4. The lowest BCUT2D eigenvalue weighted by Crippen LogP contribution is -2.41. The second-order valence-electron chi connectivity index (χ2n) is 4.01. The first-order chi connectivity index (χ1) is 6.38. The number of oxime groups is 1. The smallest absolute Gasteiger partial charge is 0.230 e. The molecule has 1 atom stereocenters. The van der Waals surface area contributed by atoms with Gasteiger partial charge in [-0.3, -0.25) is 4.79 Å². The number of nitriles is 1. The van der Waals surface area contributed by atoms with Crippen molar-refractivity contribution in [2.75, 3.05) is 7.05 Å². The van der Waals surface area contributed by atoms with Gasteiger partial charge in [0.15, 0.2) is 5.71 Å². The number of hydrogen-bond donors (Lipinski definition) is 2. The van der Waals surface area contributed by atoms with Crippen molar-refractivity contribution in [1.29, 1.82) is 5.26 Å². The molecule has 14 heavy (non-hydrogen) atoms. The van der Waals surface area contributed by atoms with E-state index in [1.54, 1.807) is 26.8 Å². The summed E-state index contributed by atoms with van der Waals surface area (Å²) in [5, 5.41) is 22.5. The van der Waals surface area contributed by atoms with Crippen molar-refractivity contribution in [1.82, 2.24) is 5.32 Å². The number of carbonyl (C=O) groups is 1. The van der Waals surface area contributed by atoms with Crippen LogP contribution >= 0.6 is 0 Å². The Labute approximate surface area is 83.4 Å². The molecule has 0 aliphatic heterocycles. The lowest BCUT2D eigenvalue weighted by atomic mass is 9.77. The minimum atomic E-state index is -0.734. The van der Waals surface area contributed by atoms with Gasteiger partial charge >= 0.3 is 0 Å². The highest BCUT2D eigenvalue weighted by atomic mass is 16.4. The molecule has 1 unspecified atom stereocenters. The number of hydrogen-bond acceptors (Lipinski definition) is 4. The first-order valence-corrected chi connectivity index (χ1v) is 4.22. The zero-order chi connectivity index (χ0) is 11.4. The van der Waals surface area contributed by atoms with Crippen LogP contribution in [-0.4, -0.2) is 23.9 Å². The molecular formula is C9H15N3O2. The lowest BCUT2D eigenvalue weighted by molar-refractivity contribution is -0.124. The van der Waals surface area contributed by atoms with Crippen molar-refractivity contribution in [2.24, 2.45) is 16.5 Å². The van der Waals surface area contributed by atoms with Gasteiger partial charge in [-0.1, -0.05) is 25.9 Å². The molecule has 0 aromatic rings. The topological polar surface area (TPSA) is 85.5 Å². The predicted molar refractivity (Wildman–Crippen MR) is 51.8 cm³/mol. The van der Waals surface area contributed by atoms with Gasteiger partial charge in [-0.2, -0.15) is 5.26 Å². The molecule has 0 aliphatic rings. The van der Waals surface area contributed by atoms with Crippen LogP contribution < -0.4 is 5.32 Å². The minimum Gasteiger partial charge on any atom is -0.410 e. The number of amides is 1. The third-order valence-electron chi connectivity index (χ3n) is 1.87. The van der Waals surface area contributed by atoms with E-state index < -0.39 is 11.3 Å². The summed E-state index contributed by atoms with van der Waals surface area (Å²) in [5.74, 6) is -1.06. The number of carbonyl (C=O) groups excluding carboxylic acids is 1. The third kappa shape index (κ3) is 2.73. The fourth-order valence-corrected chi connectivity index (χ4v) is 1.22. The molecule has 2 N–H and O–H groups in total. The Morgan fingerprint density at radius 3 is 2.29 bits per heavy atom. The summed E-state index contributed by atoms with van der Waals surface area (Å²) in [6.45, 7) is 5.40. The Morgan fingerprint density at radius 1 is 1.57 bits per heavy atom. The van der Waals surface area contributed by atoms with Gasteiger partial charge in [-0.25, -0.2) is 0 Å². The maximum Gasteiger partial charge on any atom is 0.230 e. The fourth-order valence-electron chi connectivity index (χ4n) is 1.22. The monoisotopic (exact) mass is 197 g/mol. The van der Waals surface area contributed by atoms with Gasteiger partial charge < -0.3 is 10.5 Å². The zero-order valence-corrected chi connectivity index (χ0v) is 8.83. The highest BCUT2D eigenvalue weighted by molar-refractivity contribution is 6.12. The van der Waals surface area contributed by atoms with E-state index in [-0.39, 0.29) is 11.6 Å². The number of rotatable bonds is 2. The summed E-state index contributed by atoms with van der Waals surface area (Å²) in [4.78, 5) is 11.5. The third-order valence-corrected chi connectivity index (χ3v) is 1.87. The molecule has 0 bridgehead atoms. The molecule has 0 saturated carbocycles. The highest BCUT2D eigenvalue weighted by Gasteiger charge is 2.35. The molecule has 5 nitrogen and oxygen atoms in total. The van der Waals surface area contributed by atoms with Crippen LogP contribution in [0.3, 0.4) is 0 Å². The summed E-state index contributed by atoms with van der Waals surface area (Å²) in [7, 11) is 1.48. The summed E-state index contributed by atoms with van der Waals surface area (Å²) in [6, 6.07) is 1.71. The normalized spacial score (nSPS) is 14.4. The Morgan fingerprint density at radius 2 is 2.07 bits per heavy atom. The molecule has 0 radical (unpaired) electrons. The number of nitrogens with one attached hydrogen (secondary N) is 1. The van der Waals surface area contributed by atoms with Gasteiger partial charge in [0.05, 0.1) is 5.92 Å². The van der Waals surface area contributed by atoms with E-state index in [9.17, 15) is 4.79 Å². The quantitative estimate of drug-likeness (QED) is 0.389. The highest BCUT2D eigenvalue weighted by Crippen LogP contribution is 2.27. The Kier molecular flexibility index (Phi) is 4.09. The van der Waals surface area contributed by atoms with Crippen molar-refractivity contribution < 1.29 is 10.0 Å².